The van der Waals surface area contributed by atoms with E-state index in [1.807, 2.05) is 6.07 Å². The van der Waals surface area contributed by atoms with Crippen molar-refractivity contribution in [2.45, 2.75) is 39.5 Å². The summed E-state index contributed by atoms with van der Waals surface area (Å²) in [4.78, 5) is 9.52. The van der Waals surface area contributed by atoms with Crippen LogP contribution in [0.2, 0.25) is 0 Å². The zero-order chi connectivity index (χ0) is 23.4. The van der Waals surface area contributed by atoms with Crippen molar-refractivity contribution in [3.8, 4) is 17.1 Å². The molecule has 0 fully saturated rings. The molecule has 0 saturated carbocycles. The van der Waals surface area contributed by atoms with Crippen molar-refractivity contribution >= 4 is 33.1 Å². The molecule has 6 rings (SSSR count). The van der Waals surface area contributed by atoms with Gasteiger partial charge in [-0.15, -0.1) is 0 Å². The van der Waals surface area contributed by atoms with Crippen molar-refractivity contribution in [2.75, 3.05) is 0 Å². The highest BCUT2D eigenvalue weighted by Gasteiger charge is 2.22. The Hall–Kier alpha value is -3.92. The minimum atomic E-state index is 0.381. The van der Waals surface area contributed by atoms with E-state index in [0.717, 1.165) is 38.8 Å². The number of hydrogen-bond acceptors (Lipinski definition) is 3. The first-order chi connectivity index (χ1) is 16.5. The van der Waals surface area contributed by atoms with Gasteiger partial charge in [-0.05, 0) is 59.4 Å². The topological polar surface area (TPSA) is 43.9 Å². The summed E-state index contributed by atoms with van der Waals surface area (Å²) in [7, 11) is 0. The fourth-order valence-electron chi connectivity index (χ4n) is 4.97. The van der Waals surface area contributed by atoms with E-state index in [9.17, 15) is 0 Å². The van der Waals surface area contributed by atoms with Gasteiger partial charge >= 0.3 is 0 Å². The SMILES string of the molecule is CC(C)c1cccc(C(C)C)c1-n1c(-c2ccc3c(c2)oc2ncccc23)nc2ccccc21. The van der Waals surface area contributed by atoms with E-state index in [1.54, 1.807) is 6.20 Å². The van der Waals surface area contributed by atoms with Gasteiger partial charge in [0.2, 0.25) is 5.71 Å². The van der Waals surface area contributed by atoms with E-state index in [-0.39, 0.29) is 0 Å². The summed E-state index contributed by atoms with van der Waals surface area (Å²) >= 11 is 0. The summed E-state index contributed by atoms with van der Waals surface area (Å²) in [5.74, 6) is 1.68. The lowest BCUT2D eigenvalue weighted by Crippen LogP contribution is -2.08. The van der Waals surface area contributed by atoms with Gasteiger partial charge < -0.3 is 4.42 Å². The lowest BCUT2D eigenvalue weighted by Gasteiger charge is -2.22. The van der Waals surface area contributed by atoms with Crippen LogP contribution in [0.3, 0.4) is 0 Å². The molecule has 6 aromatic rings. The third kappa shape index (κ3) is 3.13. The van der Waals surface area contributed by atoms with Crippen LogP contribution in [0.4, 0.5) is 0 Å². The number of pyridine rings is 1. The first kappa shape index (κ1) is 20.7. The summed E-state index contributed by atoms with van der Waals surface area (Å²) in [5, 5.41) is 2.10. The summed E-state index contributed by atoms with van der Waals surface area (Å²) < 4.78 is 8.46. The molecule has 0 unspecified atom stereocenters. The standard InChI is InChI=1S/C30H27N3O/c1-18(2)21-9-7-10-22(19(3)4)28(21)33-26-13-6-5-12-25(26)32-29(33)20-14-15-23-24-11-8-16-31-30(24)34-27(23)17-20/h5-19H,1-4H3. The van der Waals surface area contributed by atoms with Gasteiger partial charge in [0, 0.05) is 22.5 Å². The molecule has 0 atom stereocenters. The Bertz CT molecular complexity index is 1640. The maximum Gasteiger partial charge on any atom is 0.227 e. The number of hydrogen-bond donors (Lipinski definition) is 0. The van der Waals surface area contributed by atoms with Gasteiger partial charge in [-0.25, -0.2) is 9.97 Å². The molecule has 3 aromatic carbocycles. The number of benzene rings is 3. The molecule has 34 heavy (non-hydrogen) atoms. The molecule has 3 heterocycles. The molecule has 0 spiro atoms. The molecule has 0 amide bonds. The highest BCUT2D eigenvalue weighted by atomic mass is 16.3. The highest BCUT2D eigenvalue weighted by molar-refractivity contribution is 6.04. The molecule has 0 saturated heterocycles. The summed E-state index contributed by atoms with van der Waals surface area (Å²) in [6.07, 6.45) is 1.77. The average Bonchev–Trinajstić information content (AvgIpc) is 3.41. The van der Waals surface area contributed by atoms with E-state index in [1.165, 1.54) is 16.8 Å². The van der Waals surface area contributed by atoms with Gasteiger partial charge in [0.1, 0.15) is 11.4 Å². The highest BCUT2D eigenvalue weighted by Crippen LogP contribution is 2.38. The zero-order valence-electron chi connectivity index (χ0n) is 19.9. The molecule has 0 aliphatic rings. The van der Waals surface area contributed by atoms with Crippen molar-refractivity contribution in [2.24, 2.45) is 0 Å². The largest absolute Gasteiger partial charge is 0.438 e. The smallest absolute Gasteiger partial charge is 0.227 e. The predicted molar refractivity (Wildman–Crippen MR) is 140 cm³/mol. The fourth-order valence-corrected chi connectivity index (χ4v) is 4.97. The molecule has 3 aromatic heterocycles. The Balaban J connectivity index is 1.69. The Kier molecular flexibility index (Phi) is 4.77. The second kappa shape index (κ2) is 7.84. The molecule has 4 heteroatoms. The third-order valence-corrected chi connectivity index (χ3v) is 6.63. The zero-order valence-corrected chi connectivity index (χ0v) is 19.9. The normalized spacial score (nSPS) is 12.1. The molecular formula is C30H27N3O. The molecule has 0 bridgehead atoms. The predicted octanol–water partition coefficient (Wildman–Crippen LogP) is 8.23. The minimum Gasteiger partial charge on any atom is -0.438 e. The van der Waals surface area contributed by atoms with Crippen molar-refractivity contribution in [3.63, 3.8) is 0 Å². The Labute approximate surface area is 198 Å². The maximum absolute atomic E-state index is 6.11. The van der Waals surface area contributed by atoms with Crippen LogP contribution in [0.1, 0.15) is 50.7 Å². The number of imidazole rings is 1. The minimum absolute atomic E-state index is 0.381. The number of furan rings is 1. The van der Waals surface area contributed by atoms with E-state index < -0.39 is 0 Å². The second-order valence-corrected chi connectivity index (χ2v) is 9.52. The summed E-state index contributed by atoms with van der Waals surface area (Å²) in [5.41, 5.74) is 8.49. The Morgan fingerprint density at radius 2 is 1.53 bits per heavy atom. The van der Waals surface area contributed by atoms with Crippen molar-refractivity contribution in [3.05, 3.63) is 90.1 Å². The first-order valence-corrected chi connectivity index (χ1v) is 11.9. The van der Waals surface area contributed by atoms with Crippen LogP contribution in [0.15, 0.2) is 83.4 Å². The molecular weight excluding hydrogens is 418 g/mol. The Morgan fingerprint density at radius 3 is 2.29 bits per heavy atom. The summed E-state index contributed by atoms with van der Waals surface area (Å²) in [6.45, 7) is 9.04. The third-order valence-electron chi connectivity index (χ3n) is 6.63. The number of rotatable bonds is 4. The second-order valence-electron chi connectivity index (χ2n) is 9.52. The van der Waals surface area contributed by atoms with Crippen LogP contribution in [0.5, 0.6) is 0 Å². The number of para-hydroxylation sites is 3. The quantitative estimate of drug-likeness (QED) is 0.274. The van der Waals surface area contributed by atoms with Crippen molar-refractivity contribution < 1.29 is 4.42 Å². The average molecular weight is 446 g/mol. The van der Waals surface area contributed by atoms with Crippen LogP contribution in [0.25, 0.3) is 50.2 Å². The lowest BCUT2D eigenvalue weighted by molar-refractivity contribution is 0.654. The van der Waals surface area contributed by atoms with Crippen LogP contribution in [-0.4, -0.2) is 14.5 Å². The molecule has 4 nitrogen and oxygen atoms in total. The Morgan fingerprint density at radius 1 is 0.765 bits per heavy atom. The number of aromatic nitrogens is 3. The number of nitrogens with zero attached hydrogens (tertiary/aromatic N) is 3. The van der Waals surface area contributed by atoms with E-state index in [4.69, 9.17) is 9.40 Å². The van der Waals surface area contributed by atoms with Gasteiger partial charge in [-0.3, -0.25) is 4.57 Å². The van der Waals surface area contributed by atoms with Crippen molar-refractivity contribution in [1.82, 2.24) is 14.5 Å². The molecule has 0 aliphatic carbocycles. The summed E-state index contributed by atoms with van der Waals surface area (Å²) in [6, 6.07) is 25.4. The van der Waals surface area contributed by atoms with Crippen LogP contribution in [-0.2, 0) is 0 Å². The molecule has 0 aliphatic heterocycles. The lowest BCUT2D eigenvalue weighted by atomic mass is 9.92. The van der Waals surface area contributed by atoms with Gasteiger partial charge in [-0.2, -0.15) is 0 Å². The van der Waals surface area contributed by atoms with Crippen LogP contribution in [0, 0.1) is 0 Å². The fraction of sp³-hybridized carbons (Fsp3) is 0.200. The van der Waals surface area contributed by atoms with Crippen LogP contribution < -0.4 is 0 Å². The van der Waals surface area contributed by atoms with Gasteiger partial charge in [0.25, 0.3) is 0 Å². The first-order valence-electron chi connectivity index (χ1n) is 11.9. The molecule has 168 valence electrons. The van der Waals surface area contributed by atoms with E-state index >= 15 is 0 Å². The van der Waals surface area contributed by atoms with Crippen molar-refractivity contribution in [1.29, 1.82) is 0 Å². The van der Waals surface area contributed by atoms with Gasteiger partial charge in [0.05, 0.1) is 16.7 Å². The monoisotopic (exact) mass is 445 g/mol. The molecule has 0 N–H and O–H groups in total. The van der Waals surface area contributed by atoms with Gasteiger partial charge in [-0.1, -0.05) is 64.1 Å². The van der Waals surface area contributed by atoms with Gasteiger partial charge in [0.15, 0.2) is 0 Å². The molecule has 0 radical (unpaired) electrons. The van der Waals surface area contributed by atoms with E-state index in [0.29, 0.717) is 17.5 Å². The maximum atomic E-state index is 6.11. The van der Waals surface area contributed by atoms with Crippen LogP contribution >= 0.6 is 0 Å². The van der Waals surface area contributed by atoms with E-state index in [2.05, 4.69) is 104 Å². The number of fused-ring (bicyclic) bond motifs is 4.